The van der Waals surface area contributed by atoms with Gasteiger partial charge >= 0.3 is 0 Å². The molecule has 21 heavy (non-hydrogen) atoms. The molecule has 0 radical (unpaired) electrons. The van der Waals surface area contributed by atoms with Crippen LogP contribution in [0.5, 0.6) is 5.75 Å². The van der Waals surface area contributed by atoms with Crippen molar-refractivity contribution < 1.29 is 4.74 Å². The van der Waals surface area contributed by atoms with Crippen LogP contribution in [-0.4, -0.2) is 36.1 Å². The Morgan fingerprint density at radius 1 is 1.43 bits per heavy atom. The van der Waals surface area contributed by atoms with Gasteiger partial charge < -0.3 is 9.64 Å². The molecular formula is C17H20N2OS. The topological polar surface area (TPSA) is 25.4 Å². The zero-order valence-corrected chi connectivity index (χ0v) is 13.1. The lowest BCUT2D eigenvalue weighted by molar-refractivity contribution is 0.257. The summed E-state index contributed by atoms with van der Waals surface area (Å²) in [5.41, 5.74) is 5.56. The molecule has 3 nitrogen and oxygen atoms in total. The molecule has 1 aromatic heterocycles. The lowest BCUT2D eigenvalue weighted by Crippen LogP contribution is -2.27. The van der Waals surface area contributed by atoms with Crippen molar-refractivity contribution >= 4 is 11.3 Å². The van der Waals surface area contributed by atoms with Crippen molar-refractivity contribution in [3.05, 3.63) is 34.7 Å². The molecule has 3 heterocycles. The van der Waals surface area contributed by atoms with E-state index in [-0.39, 0.29) is 0 Å². The van der Waals surface area contributed by atoms with Gasteiger partial charge in [-0.15, -0.1) is 11.3 Å². The van der Waals surface area contributed by atoms with Crippen molar-refractivity contribution in [3.8, 4) is 17.0 Å². The molecule has 2 aliphatic rings. The Hall–Kier alpha value is -1.39. The number of rotatable bonds is 3. The molecule has 0 saturated carbocycles. The van der Waals surface area contributed by atoms with Crippen molar-refractivity contribution in [1.82, 2.24) is 9.88 Å². The number of hydrogen-bond acceptors (Lipinski definition) is 4. The van der Waals surface area contributed by atoms with Crippen LogP contribution >= 0.6 is 11.3 Å². The standard InChI is InChI=1S/C17H20N2OS/c1-19-6-2-3-14(19)7-13-9-20-17-5-4-12(8-15(13)17)16-10-21-11-18-16/h4-5,8,10-11,13-14H,2-3,6-7,9H2,1H3/t13?,14-/m1/s1. The van der Waals surface area contributed by atoms with E-state index in [0.717, 1.165) is 18.1 Å². The van der Waals surface area contributed by atoms with Crippen LogP contribution in [0.4, 0.5) is 0 Å². The highest BCUT2D eigenvalue weighted by Crippen LogP contribution is 2.40. The fraction of sp³-hybridized carbons (Fsp3) is 0.471. The quantitative estimate of drug-likeness (QED) is 0.863. The normalized spacial score (nSPS) is 25.0. The zero-order valence-electron chi connectivity index (χ0n) is 12.3. The van der Waals surface area contributed by atoms with Gasteiger partial charge in [0.2, 0.25) is 0 Å². The predicted octanol–water partition coefficient (Wildman–Crippen LogP) is 3.77. The molecule has 2 atom stereocenters. The van der Waals surface area contributed by atoms with E-state index in [9.17, 15) is 0 Å². The lowest BCUT2D eigenvalue weighted by Gasteiger charge is -2.22. The van der Waals surface area contributed by atoms with Crippen LogP contribution in [0, 0.1) is 0 Å². The summed E-state index contributed by atoms with van der Waals surface area (Å²) in [7, 11) is 2.25. The first-order chi connectivity index (χ1) is 10.3. The van der Waals surface area contributed by atoms with Gasteiger partial charge in [-0.3, -0.25) is 0 Å². The van der Waals surface area contributed by atoms with Gasteiger partial charge in [0.05, 0.1) is 17.8 Å². The monoisotopic (exact) mass is 300 g/mol. The van der Waals surface area contributed by atoms with Crippen molar-refractivity contribution in [2.24, 2.45) is 0 Å². The Morgan fingerprint density at radius 2 is 2.38 bits per heavy atom. The molecule has 2 aliphatic heterocycles. The molecule has 1 aromatic carbocycles. The largest absolute Gasteiger partial charge is 0.493 e. The molecule has 1 unspecified atom stereocenters. The summed E-state index contributed by atoms with van der Waals surface area (Å²) in [5.74, 6) is 1.60. The maximum atomic E-state index is 5.89. The Labute approximate surface area is 129 Å². The van der Waals surface area contributed by atoms with Crippen LogP contribution in [0.3, 0.4) is 0 Å². The van der Waals surface area contributed by atoms with E-state index in [4.69, 9.17) is 4.74 Å². The first kappa shape index (κ1) is 13.3. The maximum absolute atomic E-state index is 5.89. The summed E-state index contributed by atoms with van der Waals surface area (Å²) in [6, 6.07) is 7.24. The Morgan fingerprint density at radius 3 is 3.14 bits per heavy atom. The lowest BCUT2D eigenvalue weighted by atomic mass is 9.91. The van der Waals surface area contributed by atoms with Crippen molar-refractivity contribution in [2.75, 3.05) is 20.2 Å². The molecule has 4 rings (SSSR count). The van der Waals surface area contributed by atoms with E-state index in [1.807, 2.05) is 5.51 Å². The van der Waals surface area contributed by atoms with Gasteiger partial charge in [0, 0.05) is 28.5 Å². The van der Waals surface area contributed by atoms with Crippen LogP contribution < -0.4 is 4.74 Å². The van der Waals surface area contributed by atoms with Gasteiger partial charge in [0.15, 0.2) is 0 Å². The van der Waals surface area contributed by atoms with Crippen LogP contribution in [0.1, 0.15) is 30.7 Å². The molecule has 0 spiro atoms. The number of fused-ring (bicyclic) bond motifs is 1. The fourth-order valence-corrected chi connectivity index (χ4v) is 4.16. The number of benzene rings is 1. The summed E-state index contributed by atoms with van der Waals surface area (Å²) in [4.78, 5) is 6.92. The van der Waals surface area contributed by atoms with E-state index in [2.05, 4.69) is 40.5 Å². The number of likely N-dealkylation sites (tertiary alicyclic amines) is 1. The molecule has 0 aliphatic carbocycles. The molecule has 1 fully saturated rings. The van der Waals surface area contributed by atoms with Crippen LogP contribution in [-0.2, 0) is 0 Å². The molecule has 0 amide bonds. The Kier molecular flexibility index (Phi) is 3.43. The summed E-state index contributed by atoms with van der Waals surface area (Å²) in [6.07, 6.45) is 3.87. The third kappa shape index (κ3) is 2.47. The second-order valence-electron chi connectivity index (χ2n) is 6.15. The van der Waals surface area contributed by atoms with E-state index in [0.29, 0.717) is 12.0 Å². The van der Waals surface area contributed by atoms with E-state index in [1.54, 1.807) is 11.3 Å². The van der Waals surface area contributed by atoms with Crippen LogP contribution in [0.25, 0.3) is 11.3 Å². The van der Waals surface area contributed by atoms with Crippen molar-refractivity contribution in [1.29, 1.82) is 0 Å². The Balaban J connectivity index is 1.59. The summed E-state index contributed by atoms with van der Waals surface area (Å²) >= 11 is 1.65. The highest BCUT2D eigenvalue weighted by Gasteiger charge is 2.30. The van der Waals surface area contributed by atoms with Gasteiger partial charge in [-0.1, -0.05) is 0 Å². The van der Waals surface area contributed by atoms with Crippen molar-refractivity contribution in [2.45, 2.75) is 31.2 Å². The molecule has 110 valence electrons. The first-order valence-electron chi connectivity index (χ1n) is 7.67. The molecule has 4 heteroatoms. The second kappa shape index (κ2) is 5.43. The van der Waals surface area contributed by atoms with Crippen LogP contribution in [0.2, 0.25) is 0 Å². The van der Waals surface area contributed by atoms with Gasteiger partial charge in [0.25, 0.3) is 0 Å². The van der Waals surface area contributed by atoms with E-state index < -0.39 is 0 Å². The zero-order chi connectivity index (χ0) is 14.2. The smallest absolute Gasteiger partial charge is 0.122 e. The van der Waals surface area contributed by atoms with Crippen LogP contribution in [0.15, 0.2) is 29.1 Å². The predicted molar refractivity (Wildman–Crippen MR) is 86.1 cm³/mol. The highest BCUT2D eigenvalue weighted by atomic mass is 32.1. The second-order valence-corrected chi connectivity index (χ2v) is 6.87. The maximum Gasteiger partial charge on any atom is 0.122 e. The van der Waals surface area contributed by atoms with Gasteiger partial charge in [-0.05, 0) is 51.1 Å². The van der Waals surface area contributed by atoms with Gasteiger partial charge in [-0.2, -0.15) is 0 Å². The third-order valence-corrected chi connectivity index (χ3v) is 5.43. The molecular weight excluding hydrogens is 280 g/mol. The SMILES string of the molecule is CN1CCC[C@@H]1CC1COc2ccc(-c3cscn3)cc21. The highest BCUT2D eigenvalue weighted by molar-refractivity contribution is 7.07. The molecule has 2 aromatic rings. The molecule has 0 N–H and O–H groups in total. The number of thiazole rings is 1. The number of nitrogens with zero attached hydrogens (tertiary/aromatic N) is 2. The first-order valence-corrected chi connectivity index (χ1v) is 8.61. The minimum Gasteiger partial charge on any atom is -0.493 e. The Bertz CT molecular complexity index is 626. The third-order valence-electron chi connectivity index (χ3n) is 4.85. The number of aromatic nitrogens is 1. The average molecular weight is 300 g/mol. The van der Waals surface area contributed by atoms with Crippen molar-refractivity contribution in [3.63, 3.8) is 0 Å². The minimum atomic E-state index is 0.532. The molecule has 0 bridgehead atoms. The van der Waals surface area contributed by atoms with Gasteiger partial charge in [-0.25, -0.2) is 4.98 Å². The van der Waals surface area contributed by atoms with E-state index >= 15 is 0 Å². The summed E-state index contributed by atoms with van der Waals surface area (Å²) in [5, 5.41) is 2.11. The summed E-state index contributed by atoms with van der Waals surface area (Å²) in [6.45, 7) is 2.07. The average Bonchev–Trinajstić information content (AvgIpc) is 3.22. The fourth-order valence-electron chi connectivity index (χ4n) is 3.59. The van der Waals surface area contributed by atoms with E-state index in [1.165, 1.54) is 36.9 Å². The molecule has 1 saturated heterocycles. The summed E-state index contributed by atoms with van der Waals surface area (Å²) < 4.78 is 5.89. The minimum absolute atomic E-state index is 0.532. The number of ether oxygens (including phenoxy) is 1. The number of hydrogen-bond donors (Lipinski definition) is 0. The van der Waals surface area contributed by atoms with Gasteiger partial charge in [0.1, 0.15) is 5.75 Å².